The Balaban J connectivity index is 1.33. The van der Waals surface area contributed by atoms with E-state index in [1.807, 2.05) is 12.1 Å². The van der Waals surface area contributed by atoms with Crippen LogP contribution < -0.4 is 9.64 Å². The molecule has 1 aliphatic carbocycles. The van der Waals surface area contributed by atoms with Crippen molar-refractivity contribution in [3.63, 3.8) is 0 Å². The molecule has 2 amide bonds. The van der Waals surface area contributed by atoms with E-state index in [1.54, 1.807) is 7.11 Å². The van der Waals surface area contributed by atoms with Crippen molar-refractivity contribution in [1.29, 1.82) is 0 Å². The molecule has 1 aromatic rings. The largest absolute Gasteiger partial charge is 0.497 e. The third-order valence-electron chi connectivity index (χ3n) is 6.20. The molecule has 1 spiro atoms. The average molecular weight is 357 g/mol. The second-order valence-electron chi connectivity index (χ2n) is 7.74. The summed E-state index contributed by atoms with van der Waals surface area (Å²) in [6.45, 7) is 3.96. The van der Waals surface area contributed by atoms with E-state index in [0.29, 0.717) is 13.1 Å². The van der Waals surface area contributed by atoms with Crippen molar-refractivity contribution >= 4 is 17.5 Å². The molecule has 0 bridgehead atoms. The summed E-state index contributed by atoms with van der Waals surface area (Å²) >= 11 is 0. The van der Waals surface area contributed by atoms with Gasteiger partial charge in [-0.1, -0.05) is 12.8 Å². The van der Waals surface area contributed by atoms with Gasteiger partial charge in [-0.3, -0.25) is 19.4 Å². The van der Waals surface area contributed by atoms with Crippen LogP contribution in [0.1, 0.15) is 32.1 Å². The molecular formula is C20H27N3O3. The molecule has 140 valence electrons. The number of anilines is 1. The number of imide groups is 1. The molecule has 3 fully saturated rings. The van der Waals surface area contributed by atoms with Crippen molar-refractivity contribution in [2.75, 3.05) is 44.9 Å². The maximum Gasteiger partial charge on any atom is 0.237 e. The second kappa shape index (κ2) is 6.91. The SMILES string of the molecule is COc1ccc(N2CCN(CN3C(=O)CC4(CCCC4)C3=O)CC2)cc1. The molecule has 0 radical (unpaired) electrons. The van der Waals surface area contributed by atoms with Gasteiger partial charge in [-0.15, -0.1) is 0 Å². The van der Waals surface area contributed by atoms with Crippen LogP contribution in [0.4, 0.5) is 5.69 Å². The van der Waals surface area contributed by atoms with Gasteiger partial charge in [0.05, 0.1) is 19.2 Å². The molecule has 6 heteroatoms. The Morgan fingerprint density at radius 3 is 2.27 bits per heavy atom. The van der Waals surface area contributed by atoms with E-state index < -0.39 is 0 Å². The number of carbonyl (C=O) groups is 2. The molecule has 0 unspecified atom stereocenters. The highest BCUT2D eigenvalue weighted by molar-refractivity contribution is 6.06. The number of benzene rings is 1. The summed E-state index contributed by atoms with van der Waals surface area (Å²) in [5.41, 5.74) is 0.825. The minimum absolute atomic E-state index is 0.0227. The number of amides is 2. The van der Waals surface area contributed by atoms with E-state index in [1.165, 1.54) is 10.6 Å². The number of hydrogen-bond donors (Lipinski definition) is 0. The summed E-state index contributed by atoms with van der Waals surface area (Å²) in [4.78, 5) is 31.3. The fourth-order valence-electron chi connectivity index (χ4n) is 4.59. The van der Waals surface area contributed by atoms with Gasteiger partial charge in [-0.05, 0) is 37.1 Å². The van der Waals surface area contributed by atoms with Gasteiger partial charge in [0.15, 0.2) is 0 Å². The van der Waals surface area contributed by atoms with Crippen molar-refractivity contribution in [2.24, 2.45) is 5.41 Å². The smallest absolute Gasteiger partial charge is 0.237 e. The number of ether oxygens (including phenoxy) is 1. The van der Waals surface area contributed by atoms with Crippen LogP contribution in [0.2, 0.25) is 0 Å². The summed E-state index contributed by atoms with van der Waals surface area (Å²) in [6, 6.07) is 8.10. The minimum Gasteiger partial charge on any atom is -0.497 e. The predicted molar refractivity (Wildman–Crippen MR) is 99.0 cm³/mol. The summed E-state index contributed by atoms with van der Waals surface area (Å²) in [5, 5.41) is 0. The molecule has 2 heterocycles. The standard InChI is InChI=1S/C20H27N3O3/c1-26-17-6-4-16(5-7-17)22-12-10-21(11-13-22)15-23-18(24)14-20(19(23)25)8-2-3-9-20/h4-7H,2-3,8-15H2,1H3. The minimum atomic E-state index is -0.359. The third-order valence-corrected chi connectivity index (χ3v) is 6.20. The molecular weight excluding hydrogens is 330 g/mol. The van der Waals surface area contributed by atoms with Gasteiger partial charge in [-0.25, -0.2) is 0 Å². The highest BCUT2D eigenvalue weighted by Gasteiger charge is 2.52. The molecule has 1 saturated carbocycles. The van der Waals surface area contributed by atoms with Crippen molar-refractivity contribution in [2.45, 2.75) is 32.1 Å². The predicted octanol–water partition coefficient (Wildman–Crippen LogP) is 2.09. The van der Waals surface area contributed by atoms with E-state index in [0.717, 1.165) is 57.6 Å². The lowest BCUT2D eigenvalue weighted by atomic mass is 9.85. The Morgan fingerprint density at radius 2 is 1.65 bits per heavy atom. The van der Waals surface area contributed by atoms with Crippen molar-refractivity contribution in [3.05, 3.63) is 24.3 Å². The summed E-state index contributed by atoms with van der Waals surface area (Å²) in [5.74, 6) is 0.964. The number of nitrogens with zero attached hydrogens (tertiary/aromatic N) is 3. The summed E-state index contributed by atoms with van der Waals surface area (Å²) in [6.07, 6.45) is 4.36. The van der Waals surface area contributed by atoms with Crippen LogP contribution >= 0.6 is 0 Å². The van der Waals surface area contributed by atoms with Crippen LogP contribution in [-0.4, -0.2) is 61.6 Å². The van der Waals surface area contributed by atoms with Gasteiger partial charge < -0.3 is 9.64 Å². The number of likely N-dealkylation sites (tertiary alicyclic amines) is 1. The van der Waals surface area contributed by atoms with Crippen LogP contribution in [0, 0.1) is 5.41 Å². The zero-order valence-corrected chi connectivity index (χ0v) is 15.4. The van der Waals surface area contributed by atoms with Crippen LogP contribution in [0.5, 0.6) is 5.75 Å². The van der Waals surface area contributed by atoms with E-state index in [9.17, 15) is 9.59 Å². The number of carbonyl (C=O) groups excluding carboxylic acids is 2. The van der Waals surface area contributed by atoms with Gasteiger partial charge in [0.25, 0.3) is 0 Å². The molecule has 3 aliphatic rings. The lowest BCUT2D eigenvalue weighted by Crippen LogP contribution is -2.51. The number of rotatable bonds is 4. The number of piperazine rings is 1. The van der Waals surface area contributed by atoms with E-state index >= 15 is 0 Å². The quantitative estimate of drug-likeness (QED) is 0.773. The van der Waals surface area contributed by atoms with Crippen molar-refractivity contribution < 1.29 is 14.3 Å². The first kappa shape index (κ1) is 17.3. The maximum absolute atomic E-state index is 12.8. The Bertz CT molecular complexity index is 674. The van der Waals surface area contributed by atoms with E-state index in [4.69, 9.17) is 4.74 Å². The first-order valence-electron chi connectivity index (χ1n) is 9.57. The molecule has 26 heavy (non-hydrogen) atoms. The zero-order valence-electron chi connectivity index (χ0n) is 15.4. The first-order valence-corrected chi connectivity index (χ1v) is 9.57. The van der Waals surface area contributed by atoms with Crippen molar-refractivity contribution in [1.82, 2.24) is 9.80 Å². The molecule has 0 N–H and O–H groups in total. The monoisotopic (exact) mass is 357 g/mol. The Kier molecular flexibility index (Phi) is 4.61. The van der Waals surface area contributed by atoms with Gasteiger partial charge in [0.2, 0.25) is 11.8 Å². The topological polar surface area (TPSA) is 53.1 Å². The molecule has 4 rings (SSSR count). The van der Waals surface area contributed by atoms with Gasteiger partial charge in [-0.2, -0.15) is 0 Å². The Hall–Kier alpha value is -2.08. The van der Waals surface area contributed by atoms with Gasteiger partial charge >= 0.3 is 0 Å². The zero-order chi connectivity index (χ0) is 18.1. The van der Waals surface area contributed by atoms with Crippen LogP contribution in [0.25, 0.3) is 0 Å². The van der Waals surface area contributed by atoms with Crippen molar-refractivity contribution in [3.8, 4) is 5.75 Å². The second-order valence-corrected chi connectivity index (χ2v) is 7.74. The van der Waals surface area contributed by atoms with Crippen LogP contribution in [-0.2, 0) is 9.59 Å². The molecule has 6 nitrogen and oxygen atoms in total. The molecule has 0 atom stereocenters. The van der Waals surface area contributed by atoms with Gasteiger partial charge in [0.1, 0.15) is 5.75 Å². The lowest BCUT2D eigenvalue weighted by molar-refractivity contribution is -0.143. The lowest BCUT2D eigenvalue weighted by Gasteiger charge is -2.37. The fourth-order valence-corrected chi connectivity index (χ4v) is 4.59. The van der Waals surface area contributed by atoms with Crippen LogP contribution in [0.15, 0.2) is 24.3 Å². The Morgan fingerprint density at radius 1 is 1.00 bits per heavy atom. The highest BCUT2D eigenvalue weighted by atomic mass is 16.5. The highest BCUT2D eigenvalue weighted by Crippen LogP contribution is 2.46. The van der Waals surface area contributed by atoms with Gasteiger partial charge in [0, 0.05) is 38.3 Å². The number of hydrogen-bond acceptors (Lipinski definition) is 5. The van der Waals surface area contributed by atoms with E-state index in [2.05, 4.69) is 21.9 Å². The number of methoxy groups -OCH3 is 1. The summed E-state index contributed by atoms with van der Waals surface area (Å²) in [7, 11) is 1.67. The molecule has 2 saturated heterocycles. The van der Waals surface area contributed by atoms with E-state index in [-0.39, 0.29) is 17.2 Å². The molecule has 2 aliphatic heterocycles. The van der Waals surface area contributed by atoms with Crippen LogP contribution in [0.3, 0.4) is 0 Å². The molecule has 0 aromatic heterocycles. The third kappa shape index (κ3) is 3.07. The molecule has 1 aromatic carbocycles. The normalized spacial score (nSPS) is 23.3. The first-order chi connectivity index (χ1) is 12.6. The Labute approximate surface area is 154 Å². The summed E-state index contributed by atoms with van der Waals surface area (Å²) < 4.78 is 5.21. The average Bonchev–Trinajstić information content (AvgIpc) is 3.23. The maximum atomic E-state index is 12.8. The fraction of sp³-hybridized carbons (Fsp3) is 0.600.